The number of nitrogens with one attached hydrogen (secondary N) is 1. The highest BCUT2D eigenvalue weighted by atomic mass is 32.2. The molecule has 0 aliphatic rings. The third-order valence-corrected chi connectivity index (χ3v) is 5.75. The van der Waals surface area contributed by atoms with E-state index in [1.807, 2.05) is 11.8 Å². The number of benzene rings is 2. The predicted octanol–water partition coefficient (Wildman–Crippen LogP) is 4.58. The summed E-state index contributed by atoms with van der Waals surface area (Å²) in [7, 11) is -3.95. The largest absolute Gasteiger partial charge is 0.490 e. The number of unbranched alkanes of at least 4 members (excludes halogenated alkanes) is 1. The number of nitrogens with zero attached hydrogens (tertiary/aromatic N) is 1. The van der Waals surface area contributed by atoms with Crippen molar-refractivity contribution in [1.82, 2.24) is 0 Å². The molecule has 2 rings (SSSR count). The smallest absolute Gasteiger partial charge is 0.478 e. The van der Waals surface area contributed by atoms with Crippen molar-refractivity contribution in [2.45, 2.75) is 37.8 Å². The Balaban J connectivity index is 0.000000718. The molecule has 0 fully saturated rings. The molecule has 8 nitrogen and oxygen atoms in total. The minimum absolute atomic E-state index is 0.0206. The quantitative estimate of drug-likeness (QED) is 0.424. The number of rotatable bonds is 9. The van der Waals surface area contributed by atoms with Gasteiger partial charge in [-0.1, -0.05) is 13.3 Å². The Bertz CT molecular complexity index is 1090. The number of hydrogen-bond acceptors (Lipinski definition) is 5. The van der Waals surface area contributed by atoms with Crippen molar-refractivity contribution in [3.8, 4) is 0 Å². The van der Waals surface area contributed by atoms with Crippen LogP contribution in [0.15, 0.2) is 47.4 Å². The minimum atomic E-state index is -5.08. The van der Waals surface area contributed by atoms with Gasteiger partial charge >= 0.3 is 18.1 Å². The van der Waals surface area contributed by atoms with E-state index in [4.69, 9.17) is 9.90 Å². The van der Waals surface area contributed by atoms with Crippen molar-refractivity contribution in [2.75, 3.05) is 22.7 Å². The van der Waals surface area contributed by atoms with E-state index >= 15 is 0 Å². The summed E-state index contributed by atoms with van der Waals surface area (Å²) in [6, 6.07) is 8.82. The van der Waals surface area contributed by atoms with Crippen molar-refractivity contribution >= 4 is 33.3 Å². The van der Waals surface area contributed by atoms with Crippen LogP contribution in [0.25, 0.3) is 0 Å². The number of halogens is 4. The molecule has 2 aromatic carbocycles. The summed E-state index contributed by atoms with van der Waals surface area (Å²) < 4.78 is 71.9. The summed E-state index contributed by atoms with van der Waals surface area (Å²) in [5.41, 5.74) is 0.697. The summed E-state index contributed by atoms with van der Waals surface area (Å²) >= 11 is 0. The van der Waals surface area contributed by atoms with Crippen LogP contribution in [0.3, 0.4) is 0 Å². The molecule has 0 saturated heterocycles. The van der Waals surface area contributed by atoms with Gasteiger partial charge in [0, 0.05) is 18.8 Å². The van der Waals surface area contributed by atoms with Crippen molar-refractivity contribution in [2.24, 2.45) is 0 Å². The van der Waals surface area contributed by atoms with Crippen LogP contribution in [0.1, 0.15) is 37.0 Å². The molecule has 0 amide bonds. The topological polar surface area (TPSA) is 124 Å². The maximum absolute atomic E-state index is 13.0. The molecule has 188 valence electrons. The third kappa shape index (κ3) is 8.54. The molecule has 0 aliphatic heterocycles. The lowest BCUT2D eigenvalue weighted by atomic mass is 10.1. The van der Waals surface area contributed by atoms with Crippen LogP contribution in [-0.2, 0) is 14.8 Å². The molecule has 2 aromatic rings. The predicted molar refractivity (Wildman–Crippen MR) is 117 cm³/mol. The summed E-state index contributed by atoms with van der Waals surface area (Å²) in [5, 5.41) is 16.7. The van der Waals surface area contributed by atoms with E-state index in [9.17, 15) is 35.9 Å². The Hall–Kier alpha value is -3.35. The van der Waals surface area contributed by atoms with Gasteiger partial charge in [-0.15, -0.1) is 0 Å². The highest BCUT2D eigenvalue weighted by Gasteiger charge is 2.38. The first-order valence-electron chi connectivity index (χ1n) is 9.93. The lowest BCUT2D eigenvalue weighted by Gasteiger charge is -2.25. The first kappa shape index (κ1) is 28.7. The second-order valence-electron chi connectivity index (χ2n) is 6.83. The van der Waals surface area contributed by atoms with E-state index in [0.717, 1.165) is 37.1 Å². The highest BCUT2D eigenvalue weighted by Crippen LogP contribution is 2.26. The van der Waals surface area contributed by atoms with Gasteiger partial charge in [0.25, 0.3) is 10.0 Å². The SMILES string of the molecule is CCCCN(CC)c1ccc(NS(=O)(=O)c2ccc(F)cc2)cc1C(=O)O.O=C(O)C(F)(F)F. The second-order valence-corrected chi connectivity index (χ2v) is 8.52. The first-order valence-corrected chi connectivity index (χ1v) is 11.4. The normalized spacial score (nSPS) is 11.2. The molecule has 34 heavy (non-hydrogen) atoms. The number of carboxylic acids is 2. The standard InChI is InChI=1S/C19H23FN2O4S.C2HF3O2/c1-3-5-12-22(4-2)18-11-8-15(13-17(18)19(23)24)21-27(25,26)16-9-6-14(20)7-10-16;3-2(4,5)1(6)7/h6-11,13,21H,3-5,12H2,1-2H3,(H,23,24);(H,6,7). The number of sulfonamides is 1. The van der Waals surface area contributed by atoms with Crippen molar-refractivity contribution in [3.63, 3.8) is 0 Å². The van der Waals surface area contributed by atoms with E-state index in [1.165, 1.54) is 12.1 Å². The van der Waals surface area contributed by atoms with Crippen molar-refractivity contribution < 1.29 is 45.8 Å². The van der Waals surface area contributed by atoms with Crippen molar-refractivity contribution in [3.05, 3.63) is 53.8 Å². The van der Waals surface area contributed by atoms with Gasteiger partial charge in [0.1, 0.15) is 5.82 Å². The van der Waals surface area contributed by atoms with Crippen LogP contribution < -0.4 is 9.62 Å². The molecule has 0 aliphatic carbocycles. The third-order valence-electron chi connectivity index (χ3n) is 4.35. The Morgan fingerprint density at radius 2 is 1.59 bits per heavy atom. The van der Waals surface area contributed by atoms with E-state index in [0.29, 0.717) is 18.8 Å². The molecule has 0 atom stereocenters. The Morgan fingerprint density at radius 3 is 2.03 bits per heavy atom. The molecule has 0 unspecified atom stereocenters. The lowest BCUT2D eigenvalue weighted by molar-refractivity contribution is -0.192. The van der Waals surface area contributed by atoms with Gasteiger partial charge in [-0.3, -0.25) is 4.72 Å². The molecule has 0 bridgehead atoms. The van der Waals surface area contributed by atoms with E-state index < -0.39 is 34.0 Å². The molecular weight excluding hydrogens is 484 g/mol. The summed E-state index contributed by atoms with van der Waals surface area (Å²) in [6.07, 6.45) is -3.18. The Morgan fingerprint density at radius 1 is 1.03 bits per heavy atom. The molecule has 0 aromatic heterocycles. The number of aromatic carboxylic acids is 1. The van der Waals surface area contributed by atoms with E-state index in [-0.39, 0.29) is 16.1 Å². The molecule has 13 heteroatoms. The van der Waals surface area contributed by atoms with Crippen LogP contribution in [-0.4, -0.2) is 49.8 Å². The fraction of sp³-hybridized carbons (Fsp3) is 0.333. The zero-order valence-electron chi connectivity index (χ0n) is 18.3. The van der Waals surface area contributed by atoms with E-state index in [2.05, 4.69) is 11.6 Å². The van der Waals surface area contributed by atoms with Crippen LogP contribution in [0.4, 0.5) is 28.9 Å². The second kappa shape index (κ2) is 12.2. The molecule has 0 radical (unpaired) electrons. The maximum atomic E-state index is 13.0. The van der Waals surface area contributed by atoms with Crippen LogP contribution in [0, 0.1) is 5.82 Å². The Labute approximate surface area is 193 Å². The number of carboxylic acid groups (broad SMARTS) is 2. The molecule has 0 spiro atoms. The summed E-state index contributed by atoms with van der Waals surface area (Å²) in [5.74, 6) is -4.44. The van der Waals surface area contributed by atoms with Gasteiger partial charge in [-0.2, -0.15) is 13.2 Å². The fourth-order valence-electron chi connectivity index (χ4n) is 2.67. The van der Waals surface area contributed by atoms with Crippen LogP contribution in [0.2, 0.25) is 0 Å². The lowest BCUT2D eigenvalue weighted by Crippen LogP contribution is -2.26. The van der Waals surface area contributed by atoms with Gasteiger partial charge in [-0.25, -0.2) is 22.4 Å². The zero-order chi connectivity index (χ0) is 26.1. The van der Waals surface area contributed by atoms with Gasteiger partial charge in [0.05, 0.1) is 16.1 Å². The van der Waals surface area contributed by atoms with Crippen molar-refractivity contribution in [1.29, 1.82) is 0 Å². The number of carbonyl (C=O) groups is 2. The monoisotopic (exact) mass is 508 g/mol. The Kier molecular flexibility index (Phi) is 10.3. The fourth-order valence-corrected chi connectivity index (χ4v) is 3.72. The average molecular weight is 508 g/mol. The van der Waals surface area contributed by atoms with Gasteiger partial charge in [0.2, 0.25) is 0 Å². The highest BCUT2D eigenvalue weighted by molar-refractivity contribution is 7.92. The van der Waals surface area contributed by atoms with Crippen LogP contribution >= 0.6 is 0 Å². The number of hydrogen-bond donors (Lipinski definition) is 3. The molecule has 0 heterocycles. The zero-order valence-corrected chi connectivity index (χ0v) is 19.1. The first-order chi connectivity index (χ1) is 15.7. The maximum Gasteiger partial charge on any atom is 0.490 e. The number of anilines is 2. The number of aliphatic carboxylic acids is 1. The average Bonchev–Trinajstić information content (AvgIpc) is 2.74. The number of alkyl halides is 3. The summed E-state index contributed by atoms with van der Waals surface area (Å²) in [6.45, 7) is 5.35. The summed E-state index contributed by atoms with van der Waals surface area (Å²) in [4.78, 5) is 22.4. The molecular formula is C21H24F4N2O6S. The minimum Gasteiger partial charge on any atom is -0.478 e. The molecule has 3 N–H and O–H groups in total. The van der Waals surface area contributed by atoms with Gasteiger partial charge in [0.15, 0.2) is 0 Å². The molecule has 0 saturated carbocycles. The van der Waals surface area contributed by atoms with Gasteiger partial charge < -0.3 is 15.1 Å². The van der Waals surface area contributed by atoms with E-state index in [1.54, 1.807) is 6.07 Å². The van der Waals surface area contributed by atoms with Crippen LogP contribution in [0.5, 0.6) is 0 Å². The van der Waals surface area contributed by atoms with Gasteiger partial charge in [-0.05, 0) is 55.8 Å².